The van der Waals surface area contributed by atoms with E-state index in [1.165, 1.54) is 28.2 Å². The zero-order valence-electron chi connectivity index (χ0n) is 17.8. The van der Waals surface area contributed by atoms with Crippen LogP contribution in [0.3, 0.4) is 0 Å². The molecule has 4 aromatic rings. The van der Waals surface area contributed by atoms with Gasteiger partial charge in [-0.1, -0.05) is 37.3 Å². The predicted octanol–water partition coefficient (Wildman–Crippen LogP) is 6.40. The maximum absolute atomic E-state index is 6.22. The molecule has 0 aliphatic heterocycles. The van der Waals surface area contributed by atoms with Crippen molar-refractivity contribution >= 4 is 39.3 Å². The second kappa shape index (κ2) is 8.95. The number of aromatic nitrogens is 2. The van der Waals surface area contributed by atoms with E-state index in [4.69, 9.17) is 20.2 Å². The van der Waals surface area contributed by atoms with Crippen molar-refractivity contribution in [1.82, 2.24) is 9.97 Å². The van der Waals surface area contributed by atoms with Crippen LogP contribution in [0.15, 0.2) is 47.8 Å². The van der Waals surface area contributed by atoms with Crippen LogP contribution in [0.4, 0.5) is 16.6 Å². The second-order valence-corrected chi connectivity index (χ2v) is 9.10. The number of nitrogens with one attached hydrogen (secondary N) is 1. The van der Waals surface area contributed by atoms with Crippen LogP contribution in [-0.2, 0) is 0 Å². The van der Waals surface area contributed by atoms with Crippen LogP contribution in [0.25, 0.3) is 21.1 Å². The summed E-state index contributed by atoms with van der Waals surface area (Å²) in [5.41, 5.74) is 10.2. The molecule has 8 heteroatoms. The number of methoxy groups -OCH3 is 2. The van der Waals surface area contributed by atoms with E-state index in [0.29, 0.717) is 17.5 Å². The Bertz CT molecular complexity index is 1180. The Morgan fingerprint density at radius 3 is 2.45 bits per heavy atom. The van der Waals surface area contributed by atoms with Crippen LogP contribution in [0.5, 0.6) is 11.5 Å². The molecule has 4 rings (SSSR count). The number of ether oxygens (including phenoxy) is 2. The molecule has 0 saturated carbocycles. The number of anilines is 3. The molecule has 0 amide bonds. The Hall–Kier alpha value is -3.10. The summed E-state index contributed by atoms with van der Waals surface area (Å²) in [5.74, 6) is 2.41. The molecule has 6 nitrogen and oxygen atoms in total. The van der Waals surface area contributed by atoms with Gasteiger partial charge in [0.1, 0.15) is 27.2 Å². The zero-order chi connectivity index (χ0) is 22.0. The third-order valence-electron chi connectivity index (χ3n) is 4.87. The first kappa shape index (κ1) is 21.1. The van der Waals surface area contributed by atoms with E-state index in [-0.39, 0.29) is 0 Å². The minimum Gasteiger partial charge on any atom is -0.497 e. The van der Waals surface area contributed by atoms with Crippen LogP contribution in [0, 0.1) is 0 Å². The van der Waals surface area contributed by atoms with Gasteiger partial charge in [-0.25, -0.2) is 9.97 Å². The molecule has 0 fully saturated rings. The highest BCUT2D eigenvalue weighted by Gasteiger charge is 2.17. The lowest BCUT2D eigenvalue weighted by molar-refractivity contribution is 0.395. The number of hydrogen-bond donors (Lipinski definition) is 2. The largest absolute Gasteiger partial charge is 0.497 e. The van der Waals surface area contributed by atoms with Crippen molar-refractivity contribution in [1.29, 1.82) is 0 Å². The molecule has 2 aromatic heterocycles. The summed E-state index contributed by atoms with van der Waals surface area (Å²) in [5, 5.41) is 6.90. The fourth-order valence-electron chi connectivity index (χ4n) is 3.13. The average molecular weight is 453 g/mol. The van der Waals surface area contributed by atoms with Crippen LogP contribution in [0.2, 0.25) is 0 Å². The van der Waals surface area contributed by atoms with Gasteiger partial charge in [0.25, 0.3) is 0 Å². The summed E-state index contributed by atoms with van der Waals surface area (Å²) < 4.78 is 10.8. The molecule has 160 valence electrons. The van der Waals surface area contributed by atoms with Gasteiger partial charge in [0.05, 0.1) is 19.9 Å². The molecule has 2 aromatic carbocycles. The lowest BCUT2D eigenvalue weighted by Crippen LogP contribution is -1.92. The van der Waals surface area contributed by atoms with Crippen molar-refractivity contribution in [2.24, 2.45) is 0 Å². The van der Waals surface area contributed by atoms with Crippen molar-refractivity contribution in [3.63, 3.8) is 0 Å². The number of nitrogens with zero attached hydrogens (tertiary/aromatic N) is 2. The number of rotatable bonds is 7. The van der Waals surface area contributed by atoms with Crippen molar-refractivity contribution in [3.05, 3.63) is 53.4 Å². The summed E-state index contributed by atoms with van der Waals surface area (Å²) in [4.78, 5) is 10.1. The van der Waals surface area contributed by atoms with Gasteiger partial charge >= 0.3 is 0 Å². The maximum Gasteiger partial charge on any atom is 0.189 e. The maximum atomic E-state index is 6.22. The molecule has 0 aliphatic rings. The molecular formula is C23H24N4O2S2. The van der Waals surface area contributed by atoms with E-state index in [9.17, 15) is 0 Å². The molecule has 0 aliphatic carbocycles. The quantitative estimate of drug-likeness (QED) is 0.338. The van der Waals surface area contributed by atoms with Crippen molar-refractivity contribution in [2.45, 2.75) is 19.8 Å². The molecule has 31 heavy (non-hydrogen) atoms. The summed E-state index contributed by atoms with van der Waals surface area (Å²) in [6, 6.07) is 14.1. The van der Waals surface area contributed by atoms with Crippen LogP contribution in [-0.4, -0.2) is 24.2 Å². The SMILES string of the molecule is COc1ccc(-c2csc(-c3sc(Nc4ccc(C(C)C)cc4)nc3N)n2)c(OC)c1. The monoisotopic (exact) mass is 452 g/mol. The van der Waals surface area contributed by atoms with Gasteiger partial charge in [0.2, 0.25) is 0 Å². The van der Waals surface area contributed by atoms with Crippen LogP contribution in [0.1, 0.15) is 25.3 Å². The first-order valence-electron chi connectivity index (χ1n) is 9.80. The summed E-state index contributed by atoms with van der Waals surface area (Å²) in [6.07, 6.45) is 0. The fraction of sp³-hybridized carbons (Fsp3) is 0.217. The standard InChI is InChI=1S/C23H24N4O2S2/c1-13(2)14-5-7-15(8-6-14)25-23-27-21(24)20(31-23)22-26-18(12-30-22)17-10-9-16(28-3)11-19(17)29-4/h5-13H,24H2,1-4H3,(H,25,27). The van der Waals surface area contributed by atoms with Crippen molar-refractivity contribution in [3.8, 4) is 32.6 Å². The van der Waals surface area contributed by atoms with Gasteiger partial charge in [-0.05, 0) is 35.7 Å². The van der Waals surface area contributed by atoms with Crippen LogP contribution >= 0.6 is 22.7 Å². The molecular weight excluding hydrogens is 428 g/mol. The smallest absolute Gasteiger partial charge is 0.189 e. The van der Waals surface area contributed by atoms with Gasteiger partial charge in [-0.2, -0.15) is 0 Å². The Morgan fingerprint density at radius 2 is 1.77 bits per heavy atom. The van der Waals surface area contributed by atoms with E-state index in [2.05, 4.69) is 48.4 Å². The van der Waals surface area contributed by atoms with E-state index in [1.54, 1.807) is 14.2 Å². The molecule has 0 unspecified atom stereocenters. The van der Waals surface area contributed by atoms with E-state index < -0.39 is 0 Å². The minimum atomic E-state index is 0.467. The molecule has 0 radical (unpaired) electrons. The Balaban J connectivity index is 1.58. The lowest BCUT2D eigenvalue weighted by Gasteiger charge is -2.08. The lowest BCUT2D eigenvalue weighted by atomic mass is 10.0. The predicted molar refractivity (Wildman–Crippen MR) is 130 cm³/mol. The Labute approximate surface area is 189 Å². The number of hydrogen-bond acceptors (Lipinski definition) is 8. The third kappa shape index (κ3) is 4.50. The number of thiazole rings is 2. The normalized spacial score (nSPS) is 11.0. The molecule has 0 atom stereocenters. The number of nitrogen functional groups attached to an aromatic ring is 1. The Morgan fingerprint density at radius 1 is 1.00 bits per heavy atom. The summed E-state index contributed by atoms with van der Waals surface area (Å²) in [6.45, 7) is 4.36. The zero-order valence-corrected chi connectivity index (χ0v) is 19.4. The highest BCUT2D eigenvalue weighted by Crippen LogP contribution is 2.41. The molecule has 0 bridgehead atoms. The van der Waals surface area contributed by atoms with Crippen molar-refractivity contribution in [2.75, 3.05) is 25.3 Å². The first-order valence-corrected chi connectivity index (χ1v) is 11.5. The number of nitrogens with two attached hydrogens (primary N) is 1. The molecule has 0 spiro atoms. The van der Waals surface area contributed by atoms with E-state index >= 15 is 0 Å². The Kier molecular flexibility index (Phi) is 6.11. The molecule has 2 heterocycles. The van der Waals surface area contributed by atoms with Gasteiger partial charge < -0.3 is 20.5 Å². The van der Waals surface area contributed by atoms with Crippen molar-refractivity contribution < 1.29 is 9.47 Å². The van der Waals surface area contributed by atoms with E-state index in [1.807, 2.05) is 23.6 Å². The minimum absolute atomic E-state index is 0.467. The fourth-order valence-corrected chi connectivity index (χ4v) is 4.95. The topological polar surface area (TPSA) is 82.3 Å². The van der Waals surface area contributed by atoms with Gasteiger partial charge in [0, 0.05) is 22.7 Å². The first-order chi connectivity index (χ1) is 15.0. The van der Waals surface area contributed by atoms with E-state index in [0.717, 1.165) is 37.7 Å². The average Bonchev–Trinajstić information content (AvgIpc) is 3.40. The third-order valence-corrected chi connectivity index (χ3v) is 6.85. The molecule has 3 N–H and O–H groups in total. The number of benzene rings is 2. The van der Waals surface area contributed by atoms with Gasteiger partial charge in [0.15, 0.2) is 5.13 Å². The highest BCUT2D eigenvalue weighted by molar-refractivity contribution is 7.23. The summed E-state index contributed by atoms with van der Waals surface area (Å²) in [7, 11) is 3.27. The van der Waals surface area contributed by atoms with Gasteiger partial charge in [-0.3, -0.25) is 0 Å². The molecule has 0 saturated heterocycles. The van der Waals surface area contributed by atoms with Crippen LogP contribution < -0.4 is 20.5 Å². The highest BCUT2D eigenvalue weighted by atomic mass is 32.1. The summed E-state index contributed by atoms with van der Waals surface area (Å²) >= 11 is 3.02. The van der Waals surface area contributed by atoms with Gasteiger partial charge in [-0.15, -0.1) is 11.3 Å². The second-order valence-electron chi connectivity index (χ2n) is 7.24.